The lowest BCUT2D eigenvalue weighted by Gasteiger charge is -2.15. The van der Waals surface area contributed by atoms with Gasteiger partial charge in [-0.15, -0.1) is 11.3 Å². The van der Waals surface area contributed by atoms with Crippen molar-refractivity contribution in [2.75, 3.05) is 5.01 Å². The van der Waals surface area contributed by atoms with Crippen LogP contribution in [0.1, 0.15) is 10.4 Å². The van der Waals surface area contributed by atoms with Crippen molar-refractivity contribution in [1.82, 2.24) is 5.43 Å². The fraction of sp³-hybridized carbons (Fsp3) is 0.0667. The molecule has 106 valence electrons. The van der Waals surface area contributed by atoms with Crippen LogP contribution in [0.15, 0.2) is 41.3 Å². The van der Waals surface area contributed by atoms with Gasteiger partial charge in [0.15, 0.2) is 0 Å². The topological polar surface area (TPSA) is 49.4 Å². The van der Waals surface area contributed by atoms with Crippen LogP contribution in [-0.4, -0.2) is 11.8 Å². The lowest BCUT2D eigenvalue weighted by Crippen LogP contribution is -2.35. The van der Waals surface area contributed by atoms with E-state index in [-0.39, 0.29) is 11.5 Å². The molecule has 1 N–H and O–H groups in total. The molecule has 21 heavy (non-hydrogen) atoms. The van der Waals surface area contributed by atoms with Gasteiger partial charge in [-0.05, 0) is 42.1 Å². The Hall–Kier alpha value is -2.11. The number of anilines is 1. The van der Waals surface area contributed by atoms with Crippen LogP contribution in [0.25, 0.3) is 6.08 Å². The monoisotopic (exact) mass is 318 g/mol. The Bertz CT molecular complexity index is 753. The molecule has 2 amide bonds. The van der Waals surface area contributed by atoms with Crippen LogP contribution >= 0.6 is 22.9 Å². The molecule has 0 atom stereocenters. The van der Waals surface area contributed by atoms with E-state index in [2.05, 4.69) is 5.43 Å². The molecule has 1 aliphatic heterocycles. The number of carbonyl (C=O) groups is 2. The third-order valence-corrected chi connectivity index (χ3v) is 4.36. The van der Waals surface area contributed by atoms with Crippen LogP contribution in [0.2, 0.25) is 5.02 Å². The first kappa shape index (κ1) is 13.9. The van der Waals surface area contributed by atoms with Crippen molar-refractivity contribution in [3.05, 3.63) is 56.7 Å². The van der Waals surface area contributed by atoms with Gasteiger partial charge in [0, 0.05) is 9.90 Å². The zero-order valence-corrected chi connectivity index (χ0v) is 12.7. The van der Waals surface area contributed by atoms with E-state index in [1.54, 1.807) is 24.3 Å². The molecule has 4 nitrogen and oxygen atoms in total. The third kappa shape index (κ3) is 2.57. The van der Waals surface area contributed by atoms with E-state index in [1.165, 1.54) is 16.3 Å². The third-order valence-electron chi connectivity index (χ3n) is 3.13. The maximum atomic E-state index is 12.4. The first-order valence-corrected chi connectivity index (χ1v) is 7.49. The fourth-order valence-electron chi connectivity index (χ4n) is 1.98. The molecule has 2 heterocycles. The van der Waals surface area contributed by atoms with Crippen LogP contribution in [0.3, 0.4) is 0 Å². The van der Waals surface area contributed by atoms with Gasteiger partial charge in [0.25, 0.3) is 11.8 Å². The summed E-state index contributed by atoms with van der Waals surface area (Å²) >= 11 is 7.53. The summed E-state index contributed by atoms with van der Waals surface area (Å²) in [5.41, 5.74) is 4.12. The van der Waals surface area contributed by atoms with Crippen LogP contribution < -0.4 is 10.4 Å². The Morgan fingerprint density at radius 2 is 2.10 bits per heavy atom. The van der Waals surface area contributed by atoms with Gasteiger partial charge in [0.05, 0.1) is 5.69 Å². The predicted octanol–water partition coefficient (Wildman–Crippen LogP) is 3.17. The van der Waals surface area contributed by atoms with Gasteiger partial charge in [0.2, 0.25) is 0 Å². The van der Waals surface area contributed by atoms with Crippen molar-refractivity contribution in [2.24, 2.45) is 0 Å². The van der Waals surface area contributed by atoms with Gasteiger partial charge in [-0.2, -0.15) is 0 Å². The second-order valence-electron chi connectivity index (χ2n) is 4.59. The second-order valence-corrected chi connectivity index (χ2v) is 5.97. The summed E-state index contributed by atoms with van der Waals surface area (Å²) in [4.78, 5) is 25.2. The SMILES string of the molecule is Cc1ccc(N2NC(=O)/C(=C/c3cccs3)C2=O)cc1Cl. The number of hydrogen-bond acceptors (Lipinski definition) is 3. The lowest BCUT2D eigenvalue weighted by molar-refractivity contribution is -0.117. The van der Waals surface area contributed by atoms with Crippen molar-refractivity contribution in [3.8, 4) is 0 Å². The summed E-state index contributed by atoms with van der Waals surface area (Å²) in [5.74, 6) is -0.793. The van der Waals surface area contributed by atoms with Gasteiger partial charge >= 0.3 is 0 Å². The molecule has 0 radical (unpaired) electrons. The lowest BCUT2D eigenvalue weighted by atomic mass is 10.2. The van der Waals surface area contributed by atoms with Gasteiger partial charge in [-0.3, -0.25) is 15.0 Å². The summed E-state index contributed by atoms with van der Waals surface area (Å²) in [6, 6.07) is 8.92. The second kappa shape index (κ2) is 5.35. The van der Waals surface area contributed by atoms with Crippen molar-refractivity contribution in [3.63, 3.8) is 0 Å². The van der Waals surface area contributed by atoms with Crippen molar-refractivity contribution in [2.45, 2.75) is 6.92 Å². The number of thiophene rings is 1. The molecule has 1 aliphatic rings. The van der Waals surface area contributed by atoms with Crippen molar-refractivity contribution >= 4 is 46.5 Å². The molecule has 1 fully saturated rings. The Morgan fingerprint density at radius 1 is 1.29 bits per heavy atom. The molecule has 0 spiro atoms. The highest BCUT2D eigenvalue weighted by Gasteiger charge is 2.34. The molecule has 0 unspecified atom stereocenters. The quantitative estimate of drug-likeness (QED) is 0.683. The van der Waals surface area contributed by atoms with Crippen LogP contribution in [0.4, 0.5) is 5.69 Å². The molecule has 1 aromatic heterocycles. The molecule has 3 rings (SSSR count). The van der Waals surface area contributed by atoms with E-state index in [1.807, 2.05) is 24.4 Å². The normalized spacial score (nSPS) is 16.7. The van der Waals surface area contributed by atoms with Crippen molar-refractivity contribution in [1.29, 1.82) is 0 Å². The maximum Gasteiger partial charge on any atom is 0.282 e. The highest BCUT2D eigenvalue weighted by molar-refractivity contribution is 7.10. The molecule has 0 aliphatic carbocycles. The average Bonchev–Trinajstić information content (AvgIpc) is 3.06. The van der Waals surface area contributed by atoms with Crippen LogP contribution in [0.5, 0.6) is 0 Å². The first-order chi connectivity index (χ1) is 10.1. The Balaban J connectivity index is 1.95. The highest BCUT2D eigenvalue weighted by atomic mass is 35.5. The minimum absolute atomic E-state index is 0.120. The minimum Gasteiger partial charge on any atom is -0.267 e. The molecule has 1 aromatic carbocycles. The number of rotatable bonds is 2. The molecule has 2 aromatic rings. The minimum atomic E-state index is -0.412. The van der Waals surface area contributed by atoms with Gasteiger partial charge in [-0.25, -0.2) is 5.01 Å². The summed E-state index contributed by atoms with van der Waals surface area (Å²) in [7, 11) is 0. The first-order valence-electron chi connectivity index (χ1n) is 6.23. The fourth-order valence-corrected chi connectivity index (χ4v) is 2.81. The Morgan fingerprint density at radius 3 is 2.76 bits per heavy atom. The van der Waals surface area contributed by atoms with Crippen LogP contribution in [-0.2, 0) is 9.59 Å². The number of hydrogen-bond donors (Lipinski definition) is 1. The van der Waals surface area contributed by atoms with E-state index in [4.69, 9.17) is 11.6 Å². The van der Waals surface area contributed by atoms with Gasteiger partial charge in [0.1, 0.15) is 5.57 Å². The molecular weight excluding hydrogens is 308 g/mol. The highest BCUT2D eigenvalue weighted by Crippen LogP contribution is 2.26. The summed E-state index contributed by atoms with van der Waals surface area (Å²) in [6.07, 6.45) is 1.60. The zero-order chi connectivity index (χ0) is 15.0. The summed E-state index contributed by atoms with van der Waals surface area (Å²) < 4.78 is 0. The van der Waals surface area contributed by atoms with Gasteiger partial charge in [-0.1, -0.05) is 23.7 Å². The van der Waals surface area contributed by atoms with E-state index in [0.717, 1.165) is 10.4 Å². The number of halogens is 1. The number of benzene rings is 1. The largest absolute Gasteiger partial charge is 0.282 e. The number of carbonyl (C=O) groups excluding carboxylic acids is 2. The van der Waals surface area contributed by atoms with Crippen LogP contribution in [0, 0.1) is 6.92 Å². The van der Waals surface area contributed by atoms with E-state index < -0.39 is 5.91 Å². The zero-order valence-electron chi connectivity index (χ0n) is 11.1. The number of aryl methyl sites for hydroxylation is 1. The number of nitrogens with zero attached hydrogens (tertiary/aromatic N) is 1. The molecule has 1 saturated heterocycles. The molecule has 6 heteroatoms. The standard InChI is InChI=1S/C15H11ClN2O2S/c1-9-4-5-10(7-13(9)16)18-15(20)12(14(19)17-18)8-11-3-2-6-21-11/h2-8H,1H3,(H,17,19)/b12-8-. The average molecular weight is 319 g/mol. The smallest absolute Gasteiger partial charge is 0.267 e. The molecular formula is C15H11ClN2O2S. The van der Waals surface area contributed by atoms with E-state index in [9.17, 15) is 9.59 Å². The molecule has 0 bridgehead atoms. The predicted molar refractivity (Wildman–Crippen MR) is 84.1 cm³/mol. The summed E-state index contributed by atoms with van der Waals surface area (Å²) in [5, 5.41) is 3.65. The Kier molecular flexibility index (Phi) is 3.53. The Labute approximate surface area is 130 Å². The summed E-state index contributed by atoms with van der Waals surface area (Å²) in [6.45, 7) is 1.87. The molecule has 0 saturated carbocycles. The van der Waals surface area contributed by atoms with E-state index >= 15 is 0 Å². The van der Waals surface area contributed by atoms with Crippen molar-refractivity contribution < 1.29 is 9.59 Å². The van der Waals surface area contributed by atoms with E-state index in [0.29, 0.717) is 10.7 Å². The number of hydrazine groups is 1. The maximum absolute atomic E-state index is 12.4. The number of amides is 2. The number of nitrogens with one attached hydrogen (secondary N) is 1. The van der Waals surface area contributed by atoms with Gasteiger partial charge < -0.3 is 0 Å².